The van der Waals surface area contributed by atoms with Gasteiger partial charge in [0.1, 0.15) is 5.82 Å². The van der Waals surface area contributed by atoms with Gasteiger partial charge in [-0.15, -0.1) is 11.3 Å². The van der Waals surface area contributed by atoms with E-state index in [0.717, 1.165) is 12.1 Å². The van der Waals surface area contributed by atoms with E-state index in [2.05, 4.69) is 29.4 Å². The van der Waals surface area contributed by atoms with Crippen LogP contribution in [-0.2, 0) is 13.1 Å². The summed E-state index contributed by atoms with van der Waals surface area (Å²) in [5.41, 5.74) is 0.869. The van der Waals surface area contributed by atoms with E-state index >= 15 is 0 Å². The van der Waals surface area contributed by atoms with Gasteiger partial charge in [-0.25, -0.2) is 4.39 Å². The topological polar surface area (TPSA) is 24.9 Å². The van der Waals surface area contributed by atoms with E-state index in [1.165, 1.54) is 22.0 Å². The largest absolute Gasteiger partial charge is 0.308 e. The maximum absolute atomic E-state index is 12.8. The fourth-order valence-corrected chi connectivity index (χ4v) is 2.32. The average molecular weight is 236 g/mol. The summed E-state index contributed by atoms with van der Waals surface area (Å²) >= 11 is 1.77. The molecule has 0 aliphatic rings. The van der Waals surface area contributed by atoms with E-state index < -0.39 is 0 Å². The molecular formula is C12H13FN2S. The Labute approximate surface area is 98.2 Å². The highest BCUT2D eigenvalue weighted by atomic mass is 32.1. The molecule has 2 nitrogen and oxygen atoms in total. The fourth-order valence-electron chi connectivity index (χ4n) is 1.46. The smallest absolute Gasteiger partial charge is 0.141 e. The fraction of sp³-hybridized carbons (Fsp3) is 0.250. The lowest BCUT2D eigenvalue weighted by Gasteiger charge is -2.02. The van der Waals surface area contributed by atoms with Gasteiger partial charge in [0.2, 0.25) is 0 Å². The highest BCUT2D eigenvalue weighted by Gasteiger charge is 1.98. The lowest BCUT2D eigenvalue weighted by Crippen LogP contribution is -2.12. The van der Waals surface area contributed by atoms with Crippen LogP contribution in [-0.4, -0.2) is 4.98 Å². The molecule has 0 saturated heterocycles. The Morgan fingerprint density at radius 1 is 1.31 bits per heavy atom. The molecule has 0 atom stereocenters. The molecule has 0 aromatic carbocycles. The van der Waals surface area contributed by atoms with Crippen LogP contribution in [0.4, 0.5) is 4.39 Å². The van der Waals surface area contributed by atoms with Crippen molar-refractivity contribution in [1.29, 1.82) is 0 Å². The number of hydrogen-bond donors (Lipinski definition) is 1. The molecule has 0 amide bonds. The van der Waals surface area contributed by atoms with Crippen molar-refractivity contribution in [3.63, 3.8) is 0 Å². The SMILES string of the molecule is Cc1ccc(CNCc2cncc(F)c2)s1. The second kappa shape index (κ2) is 5.18. The minimum absolute atomic E-state index is 0.286. The van der Waals surface area contributed by atoms with Crippen LogP contribution in [0, 0.1) is 12.7 Å². The van der Waals surface area contributed by atoms with Crippen LogP contribution in [0.3, 0.4) is 0 Å². The number of thiophene rings is 1. The molecule has 0 saturated carbocycles. The lowest BCUT2D eigenvalue weighted by molar-refractivity contribution is 0.613. The zero-order valence-electron chi connectivity index (χ0n) is 9.03. The van der Waals surface area contributed by atoms with Gasteiger partial charge in [0, 0.05) is 29.0 Å². The Balaban J connectivity index is 1.84. The molecule has 1 N–H and O–H groups in total. The third kappa shape index (κ3) is 3.12. The van der Waals surface area contributed by atoms with Gasteiger partial charge >= 0.3 is 0 Å². The standard InChI is InChI=1S/C12H13FN2S/c1-9-2-3-12(16-9)8-15-6-10-4-11(13)7-14-5-10/h2-5,7,15H,6,8H2,1H3. The van der Waals surface area contributed by atoms with Gasteiger partial charge in [-0.05, 0) is 30.7 Å². The van der Waals surface area contributed by atoms with Gasteiger partial charge < -0.3 is 5.32 Å². The number of nitrogens with zero attached hydrogens (tertiary/aromatic N) is 1. The van der Waals surface area contributed by atoms with Crippen LogP contribution in [0.2, 0.25) is 0 Å². The van der Waals surface area contributed by atoms with Crippen LogP contribution in [0.1, 0.15) is 15.3 Å². The summed E-state index contributed by atoms with van der Waals surface area (Å²) < 4.78 is 12.8. The number of aryl methyl sites for hydroxylation is 1. The first kappa shape index (κ1) is 11.2. The summed E-state index contributed by atoms with van der Waals surface area (Å²) in [6.45, 7) is 3.54. The van der Waals surface area contributed by atoms with Gasteiger partial charge in [0.25, 0.3) is 0 Å². The molecule has 2 aromatic rings. The van der Waals surface area contributed by atoms with Gasteiger partial charge in [0.05, 0.1) is 6.20 Å². The zero-order valence-corrected chi connectivity index (χ0v) is 9.85. The summed E-state index contributed by atoms with van der Waals surface area (Å²) in [5, 5.41) is 3.26. The average Bonchev–Trinajstić information content (AvgIpc) is 2.64. The van der Waals surface area contributed by atoms with E-state index in [-0.39, 0.29) is 5.82 Å². The quantitative estimate of drug-likeness (QED) is 0.883. The Kier molecular flexibility index (Phi) is 3.64. The molecule has 2 rings (SSSR count). The first-order valence-corrected chi connectivity index (χ1v) is 5.91. The molecule has 0 unspecified atom stereocenters. The molecule has 0 aliphatic heterocycles. The molecule has 0 spiro atoms. The summed E-state index contributed by atoms with van der Waals surface area (Å²) in [6.07, 6.45) is 2.89. The number of aromatic nitrogens is 1. The minimum Gasteiger partial charge on any atom is -0.308 e. The van der Waals surface area contributed by atoms with Crippen molar-refractivity contribution in [3.05, 3.63) is 51.7 Å². The van der Waals surface area contributed by atoms with Crippen molar-refractivity contribution in [3.8, 4) is 0 Å². The Morgan fingerprint density at radius 2 is 2.19 bits per heavy atom. The van der Waals surface area contributed by atoms with Gasteiger partial charge in [0.15, 0.2) is 0 Å². The molecule has 4 heteroatoms. The van der Waals surface area contributed by atoms with Crippen molar-refractivity contribution < 1.29 is 4.39 Å². The molecule has 84 valence electrons. The Morgan fingerprint density at radius 3 is 2.88 bits per heavy atom. The summed E-state index contributed by atoms with van der Waals surface area (Å²) in [5.74, 6) is -0.286. The van der Waals surface area contributed by atoms with Crippen molar-refractivity contribution in [2.75, 3.05) is 0 Å². The molecule has 0 aliphatic carbocycles. The van der Waals surface area contributed by atoms with Crippen LogP contribution < -0.4 is 5.32 Å². The summed E-state index contributed by atoms with van der Waals surface area (Å²) in [6, 6.07) is 5.71. The third-order valence-electron chi connectivity index (χ3n) is 2.19. The van der Waals surface area contributed by atoms with Gasteiger partial charge in [-0.1, -0.05) is 0 Å². The van der Waals surface area contributed by atoms with Crippen LogP contribution in [0.25, 0.3) is 0 Å². The maximum atomic E-state index is 12.8. The second-order valence-corrected chi connectivity index (χ2v) is 5.00. The number of hydrogen-bond acceptors (Lipinski definition) is 3. The molecule has 0 radical (unpaired) electrons. The predicted octanol–water partition coefficient (Wildman–Crippen LogP) is 2.88. The van der Waals surface area contributed by atoms with Crippen LogP contribution >= 0.6 is 11.3 Å². The van der Waals surface area contributed by atoms with Crippen molar-refractivity contribution in [2.24, 2.45) is 0 Å². The third-order valence-corrected chi connectivity index (χ3v) is 3.19. The highest BCUT2D eigenvalue weighted by molar-refractivity contribution is 7.11. The normalized spacial score (nSPS) is 10.6. The van der Waals surface area contributed by atoms with E-state index in [1.807, 2.05) is 0 Å². The van der Waals surface area contributed by atoms with Crippen molar-refractivity contribution >= 4 is 11.3 Å². The molecule has 2 aromatic heterocycles. The van der Waals surface area contributed by atoms with E-state index in [9.17, 15) is 4.39 Å². The number of halogens is 1. The Bertz CT molecular complexity index is 468. The first-order chi connectivity index (χ1) is 7.74. The van der Waals surface area contributed by atoms with Gasteiger partial charge in [-0.2, -0.15) is 0 Å². The summed E-state index contributed by atoms with van der Waals surface area (Å²) in [4.78, 5) is 6.40. The first-order valence-electron chi connectivity index (χ1n) is 5.09. The van der Waals surface area contributed by atoms with Crippen molar-refractivity contribution in [2.45, 2.75) is 20.0 Å². The molecule has 0 bridgehead atoms. The maximum Gasteiger partial charge on any atom is 0.141 e. The van der Waals surface area contributed by atoms with E-state index in [0.29, 0.717) is 6.54 Å². The summed E-state index contributed by atoms with van der Waals surface area (Å²) in [7, 11) is 0. The van der Waals surface area contributed by atoms with Crippen LogP contribution in [0.5, 0.6) is 0 Å². The predicted molar refractivity (Wildman–Crippen MR) is 63.8 cm³/mol. The van der Waals surface area contributed by atoms with Gasteiger partial charge in [-0.3, -0.25) is 4.98 Å². The van der Waals surface area contributed by atoms with Crippen molar-refractivity contribution in [1.82, 2.24) is 10.3 Å². The number of nitrogens with one attached hydrogen (secondary N) is 1. The Hall–Kier alpha value is -1.26. The molecule has 2 heterocycles. The zero-order chi connectivity index (χ0) is 11.4. The molecule has 16 heavy (non-hydrogen) atoms. The molecule has 0 fully saturated rings. The molecular weight excluding hydrogens is 223 g/mol. The monoisotopic (exact) mass is 236 g/mol. The number of pyridine rings is 1. The van der Waals surface area contributed by atoms with E-state index in [1.54, 1.807) is 17.5 Å². The highest BCUT2D eigenvalue weighted by Crippen LogP contribution is 2.14. The second-order valence-electron chi connectivity index (χ2n) is 3.63. The lowest BCUT2D eigenvalue weighted by atomic mass is 10.3. The van der Waals surface area contributed by atoms with Crippen LogP contribution in [0.15, 0.2) is 30.6 Å². The van der Waals surface area contributed by atoms with E-state index in [4.69, 9.17) is 0 Å². The minimum atomic E-state index is -0.286. The number of rotatable bonds is 4.